The quantitative estimate of drug-likeness (QED) is 0.578. The first-order chi connectivity index (χ1) is 13.3. The molecule has 1 heterocycles. The number of aryl methyl sites for hydroxylation is 2. The van der Waals surface area contributed by atoms with Crippen LogP contribution in [0, 0.1) is 13.8 Å². The SMILES string of the molecule is COc1ccc(Br)cc1S(=O)(=O)NCCc1ccc(-n2nc(C)cc2C)cc1. The topological polar surface area (TPSA) is 73.2 Å². The van der Waals surface area contributed by atoms with Gasteiger partial charge in [-0.1, -0.05) is 28.1 Å². The maximum atomic E-state index is 12.6. The number of sulfonamides is 1. The van der Waals surface area contributed by atoms with E-state index in [9.17, 15) is 8.42 Å². The maximum Gasteiger partial charge on any atom is 0.244 e. The highest BCUT2D eigenvalue weighted by Crippen LogP contribution is 2.27. The van der Waals surface area contributed by atoms with Crippen LogP contribution >= 0.6 is 15.9 Å². The van der Waals surface area contributed by atoms with E-state index in [2.05, 4.69) is 25.8 Å². The predicted molar refractivity (Wildman–Crippen MR) is 113 cm³/mol. The molecular weight excluding hydrogens is 442 g/mol. The fourth-order valence-electron chi connectivity index (χ4n) is 2.96. The van der Waals surface area contributed by atoms with Crippen LogP contribution in [0.15, 0.2) is 57.9 Å². The van der Waals surface area contributed by atoms with Crippen molar-refractivity contribution in [1.82, 2.24) is 14.5 Å². The monoisotopic (exact) mass is 463 g/mol. The van der Waals surface area contributed by atoms with Crippen LogP contribution in [0.3, 0.4) is 0 Å². The molecule has 0 spiro atoms. The van der Waals surface area contributed by atoms with Crippen molar-refractivity contribution in [3.8, 4) is 11.4 Å². The molecule has 1 N–H and O–H groups in total. The van der Waals surface area contributed by atoms with Gasteiger partial charge in [-0.05, 0) is 62.2 Å². The highest BCUT2D eigenvalue weighted by Gasteiger charge is 2.19. The van der Waals surface area contributed by atoms with E-state index in [0.29, 0.717) is 16.6 Å². The number of hydrogen-bond acceptors (Lipinski definition) is 4. The van der Waals surface area contributed by atoms with Gasteiger partial charge < -0.3 is 4.74 Å². The van der Waals surface area contributed by atoms with E-state index in [4.69, 9.17) is 4.74 Å². The Balaban J connectivity index is 1.66. The van der Waals surface area contributed by atoms with Crippen molar-refractivity contribution >= 4 is 26.0 Å². The first-order valence-corrected chi connectivity index (χ1v) is 11.0. The molecule has 148 valence electrons. The van der Waals surface area contributed by atoms with E-state index >= 15 is 0 Å². The summed E-state index contributed by atoms with van der Waals surface area (Å²) in [4.78, 5) is 0.115. The van der Waals surface area contributed by atoms with Crippen molar-refractivity contribution in [2.24, 2.45) is 0 Å². The summed E-state index contributed by atoms with van der Waals surface area (Å²) in [5.74, 6) is 0.310. The van der Waals surface area contributed by atoms with Gasteiger partial charge in [0.1, 0.15) is 10.6 Å². The number of rotatable bonds is 7. The van der Waals surface area contributed by atoms with Crippen molar-refractivity contribution < 1.29 is 13.2 Å². The second-order valence-electron chi connectivity index (χ2n) is 6.45. The minimum absolute atomic E-state index is 0.115. The van der Waals surface area contributed by atoms with E-state index in [1.807, 2.05) is 48.9 Å². The van der Waals surface area contributed by atoms with Crippen molar-refractivity contribution in [3.05, 3.63) is 70.0 Å². The van der Waals surface area contributed by atoms with Crippen LogP contribution < -0.4 is 9.46 Å². The second kappa shape index (κ2) is 8.46. The summed E-state index contributed by atoms with van der Waals surface area (Å²) in [7, 11) is -2.22. The van der Waals surface area contributed by atoms with Crippen LogP contribution in [0.5, 0.6) is 5.75 Å². The lowest BCUT2D eigenvalue weighted by molar-refractivity contribution is 0.402. The molecule has 0 fully saturated rings. The standard InChI is InChI=1S/C20H22BrN3O3S/c1-14-12-15(2)24(23-14)18-7-4-16(5-8-18)10-11-22-28(25,26)20-13-17(21)6-9-19(20)27-3/h4-9,12-13,22H,10-11H2,1-3H3. The van der Waals surface area contributed by atoms with Crippen molar-refractivity contribution in [1.29, 1.82) is 0 Å². The molecule has 0 amide bonds. The van der Waals surface area contributed by atoms with Crippen LogP contribution in [-0.4, -0.2) is 31.9 Å². The fourth-order valence-corrected chi connectivity index (χ4v) is 4.70. The van der Waals surface area contributed by atoms with Gasteiger partial charge in [-0.25, -0.2) is 17.8 Å². The zero-order chi connectivity index (χ0) is 20.3. The lowest BCUT2D eigenvalue weighted by Gasteiger charge is -2.11. The minimum atomic E-state index is -3.67. The molecule has 28 heavy (non-hydrogen) atoms. The normalized spacial score (nSPS) is 11.6. The van der Waals surface area contributed by atoms with Gasteiger partial charge in [0.05, 0.1) is 18.5 Å². The summed E-state index contributed by atoms with van der Waals surface area (Å²) in [6, 6.07) is 14.9. The highest BCUT2D eigenvalue weighted by molar-refractivity contribution is 9.10. The number of nitrogens with one attached hydrogen (secondary N) is 1. The Morgan fingerprint density at radius 3 is 2.43 bits per heavy atom. The third kappa shape index (κ3) is 4.63. The van der Waals surface area contributed by atoms with Crippen LogP contribution in [-0.2, 0) is 16.4 Å². The van der Waals surface area contributed by atoms with Gasteiger partial charge in [0, 0.05) is 16.7 Å². The fraction of sp³-hybridized carbons (Fsp3) is 0.250. The van der Waals surface area contributed by atoms with Crippen molar-refractivity contribution in [3.63, 3.8) is 0 Å². The lowest BCUT2D eigenvalue weighted by atomic mass is 10.1. The summed E-state index contributed by atoms with van der Waals surface area (Å²) in [5, 5.41) is 4.47. The Labute approximate surface area is 173 Å². The maximum absolute atomic E-state index is 12.6. The Bertz CT molecular complexity index is 1080. The zero-order valence-electron chi connectivity index (χ0n) is 15.9. The molecule has 3 rings (SSSR count). The molecule has 1 aromatic heterocycles. The lowest BCUT2D eigenvalue weighted by Crippen LogP contribution is -2.26. The van der Waals surface area contributed by atoms with Gasteiger partial charge in [-0.3, -0.25) is 0 Å². The number of nitrogens with zero attached hydrogens (tertiary/aromatic N) is 2. The van der Waals surface area contributed by atoms with Crippen molar-refractivity contribution in [2.75, 3.05) is 13.7 Å². The molecule has 0 radical (unpaired) electrons. The third-order valence-corrected chi connectivity index (χ3v) is 6.29. The number of halogens is 1. The summed E-state index contributed by atoms with van der Waals surface area (Å²) >= 11 is 3.30. The smallest absolute Gasteiger partial charge is 0.244 e. The van der Waals surface area contributed by atoms with Gasteiger partial charge in [0.25, 0.3) is 0 Å². The molecule has 6 nitrogen and oxygen atoms in total. The second-order valence-corrected chi connectivity index (χ2v) is 9.10. The molecule has 0 aliphatic rings. The summed E-state index contributed by atoms with van der Waals surface area (Å²) in [5.41, 5.74) is 4.06. The Kier molecular flexibility index (Phi) is 6.22. The van der Waals surface area contributed by atoms with E-state index < -0.39 is 10.0 Å². The van der Waals surface area contributed by atoms with Crippen LogP contribution in [0.1, 0.15) is 17.0 Å². The van der Waals surface area contributed by atoms with E-state index in [1.165, 1.54) is 13.2 Å². The number of aromatic nitrogens is 2. The molecule has 0 saturated heterocycles. The summed E-state index contributed by atoms with van der Waals surface area (Å²) in [6.45, 7) is 4.26. The van der Waals surface area contributed by atoms with Crippen molar-refractivity contribution in [2.45, 2.75) is 25.2 Å². The van der Waals surface area contributed by atoms with E-state index in [-0.39, 0.29) is 11.4 Å². The van der Waals surface area contributed by atoms with Gasteiger partial charge in [0.2, 0.25) is 10.0 Å². The predicted octanol–water partition coefficient (Wildman–Crippen LogP) is 3.78. The summed E-state index contributed by atoms with van der Waals surface area (Å²) < 4.78 is 35.6. The van der Waals surface area contributed by atoms with Crippen LogP contribution in [0.25, 0.3) is 5.69 Å². The Hall–Kier alpha value is -2.16. The molecular formula is C20H22BrN3O3S. The van der Waals surface area contributed by atoms with Crippen LogP contribution in [0.4, 0.5) is 0 Å². The van der Waals surface area contributed by atoms with E-state index in [1.54, 1.807) is 12.1 Å². The first kappa shape index (κ1) is 20.6. The molecule has 3 aromatic rings. The molecule has 0 aliphatic heterocycles. The van der Waals surface area contributed by atoms with Gasteiger partial charge >= 0.3 is 0 Å². The van der Waals surface area contributed by atoms with E-state index in [0.717, 1.165) is 22.6 Å². The largest absolute Gasteiger partial charge is 0.495 e. The Morgan fingerprint density at radius 1 is 1.11 bits per heavy atom. The van der Waals surface area contributed by atoms with Gasteiger partial charge in [0.15, 0.2) is 0 Å². The van der Waals surface area contributed by atoms with Crippen LogP contribution in [0.2, 0.25) is 0 Å². The Morgan fingerprint density at radius 2 is 1.82 bits per heavy atom. The average molecular weight is 464 g/mol. The molecule has 2 aromatic carbocycles. The minimum Gasteiger partial charge on any atom is -0.495 e. The molecule has 0 atom stereocenters. The first-order valence-electron chi connectivity index (χ1n) is 8.76. The number of benzene rings is 2. The molecule has 0 unspecified atom stereocenters. The average Bonchev–Trinajstić information content (AvgIpc) is 3.00. The molecule has 0 bridgehead atoms. The summed E-state index contributed by atoms with van der Waals surface area (Å²) in [6.07, 6.45) is 0.576. The molecule has 0 saturated carbocycles. The number of methoxy groups -OCH3 is 1. The number of hydrogen-bond donors (Lipinski definition) is 1. The highest BCUT2D eigenvalue weighted by atomic mass is 79.9. The van der Waals surface area contributed by atoms with Gasteiger partial charge in [-0.15, -0.1) is 0 Å². The van der Waals surface area contributed by atoms with Gasteiger partial charge in [-0.2, -0.15) is 5.10 Å². The third-order valence-electron chi connectivity index (χ3n) is 4.31. The molecule has 8 heteroatoms. The number of ether oxygens (including phenoxy) is 1. The zero-order valence-corrected chi connectivity index (χ0v) is 18.3. The molecule has 0 aliphatic carbocycles.